The van der Waals surface area contributed by atoms with Crippen molar-refractivity contribution in [2.24, 2.45) is 5.73 Å². The summed E-state index contributed by atoms with van der Waals surface area (Å²) in [6, 6.07) is 5.73. The van der Waals surface area contributed by atoms with Crippen LogP contribution in [0.4, 0.5) is 0 Å². The van der Waals surface area contributed by atoms with Crippen LogP contribution in [0.25, 0.3) is 0 Å². The molecule has 1 unspecified atom stereocenters. The predicted molar refractivity (Wildman–Crippen MR) is 85.7 cm³/mol. The third-order valence-electron chi connectivity index (χ3n) is 3.50. The molecule has 0 saturated carbocycles. The summed E-state index contributed by atoms with van der Waals surface area (Å²) in [6.45, 7) is 1.37. The van der Waals surface area contributed by atoms with Crippen molar-refractivity contribution in [2.75, 3.05) is 13.1 Å². The quantitative estimate of drug-likeness (QED) is 0.908. The van der Waals surface area contributed by atoms with Gasteiger partial charge in [0.05, 0.1) is 16.1 Å². The maximum atomic E-state index is 12.2. The molecule has 1 amide bonds. The van der Waals surface area contributed by atoms with Gasteiger partial charge >= 0.3 is 0 Å². The zero-order valence-electron chi connectivity index (χ0n) is 11.1. The number of likely N-dealkylation sites (tertiary alicyclic amines) is 1. The molecule has 1 saturated heterocycles. The molecule has 0 aromatic heterocycles. The van der Waals surface area contributed by atoms with Gasteiger partial charge in [-0.05, 0) is 43.5 Å². The highest BCUT2D eigenvalue weighted by Gasteiger charge is 2.29. The minimum absolute atomic E-state index is 0. The zero-order chi connectivity index (χ0) is 13.8. The third-order valence-corrected chi connectivity index (χ3v) is 4.24. The molecule has 0 bridgehead atoms. The molecule has 0 spiro atoms. The lowest BCUT2D eigenvalue weighted by Gasteiger charge is -2.25. The molecule has 112 valence electrons. The summed E-state index contributed by atoms with van der Waals surface area (Å²) in [5, 5.41) is 1.09. The van der Waals surface area contributed by atoms with E-state index in [1.807, 2.05) is 17.0 Å². The van der Waals surface area contributed by atoms with Gasteiger partial charge in [0, 0.05) is 13.0 Å². The van der Waals surface area contributed by atoms with Gasteiger partial charge in [0.15, 0.2) is 0 Å². The van der Waals surface area contributed by atoms with Gasteiger partial charge < -0.3 is 10.6 Å². The van der Waals surface area contributed by atoms with Crippen molar-refractivity contribution in [1.29, 1.82) is 0 Å². The number of amides is 1. The minimum atomic E-state index is 0. The van der Waals surface area contributed by atoms with Gasteiger partial charge in [-0.1, -0.05) is 29.3 Å². The first-order valence-corrected chi connectivity index (χ1v) is 7.33. The van der Waals surface area contributed by atoms with Crippen LogP contribution in [0.2, 0.25) is 10.0 Å². The van der Waals surface area contributed by atoms with Crippen molar-refractivity contribution >= 4 is 41.5 Å². The molecule has 1 heterocycles. The topological polar surface area (TPSA) is 46.3 Å². The van der Waals surface area contributed by atoms with Crippen molar-refractivity contribution in [3.8, 4) is 0 Å². The number of carbonyl (C=O) groups excluding carboxylic acids is 1. The predicted octanol–water partition coefficient (Wildman–Crippen LogP) is 3.82. The number of rotatable bonds is 4. The van der Waals surface area contributed by atoms with E-state index in [0.717, 1.165) is 31.4 Å². The number of carbonyl (C=O) groups is 1. The highest BCUT2D eigenvalue weighted by atomic mass is 35.5. The molecular formula is C14H19Cl3N2O. The van der Waals surface area contributed by atoms with Crippen LogP contribution in [0, 0.1) is 0 Å². The first kappa shape index (κ1) is 17.6. The van der Waals surface area contributed by atoms with Gasteiger partial charge in [-0.3, -0.25) is 4.79 Å². The number of benzene rings is 1. The lowest BCUT2D eigenvalue weighted by atomic mass is 10.0. The normalized spacial score (nSPS) is 17.9. The van der Waals surface area contributed by atoms with Crippen LogP contribution in [0.3, 0.4) is 0 Å². The second-order valence-electron chi connectivity index (χ2n) is 4.81. The SMILES string of the molecule is Cl.NCCCC(=O)N1CCCC1c1ccc(Cl)c(Cl)c1. The Kier molecular flexibility index (Phi) is 7.10. The molecular weight excluding hydrogens is 319 g/mol. The maximum Gasteiger partial charge on any atom is 0.223 e. The van der Waals surface area contributed by atoms with Crippen LogP contribution in [-0.4, -0.2) is 23.9 Å². The van der Waals surface area contributed by atoms with Crippen molar-refractivity contribution in [1.82, 2.24) is 4.90 Å². The van der Waals surface area contributed by atoms with E-state index in [9.17, 15) is 4.79 Å². The Hall–Kier alpha value is -0.480. The third kappa shape index (κ3) is 4.01. The van der Waals surface area contributed by atoms with E-state index in [0.29, 0.717) is 23.0 Å². The van der Waals surface area contributed by atoms with Crippen LogP contribution in [0.1, 0.15) is 37.3 Å². The molecule has 1 aliphatic rings. The van der Waals surface area contributed by atoms with E-state index < -0.39 is 0 Å². The second kappa shape index (κ2) is 8.08. The Balaban J connectivity index is 0.00000200. The molecule has 1 fully saturated rings. The van der Waals surface area contributed by atoms with Crippen LogP contribution >= 0.6 is 35.6 Å². The largest absolute Gasteiger partial charge is 0.336 e. The molecule has 0 radical (unpaired) electrons. The van der Waals surface area contributed by atoms with Crippen LogP contribution in [0.5, 0.6) is 0 Å². The van der Waals surface area contributed by atoms with Gasteiger partial charge in [-0.25, -0.2) is 0 Å². The summed E-state index contributed by atoms with van der Waals surface area (Å²) in [4.78, 5) is 14.1. The Morgan fingerprint density at radius 3 is 2.75 bits per heavy atom. The Labute approximate surface area is 135 Å². The molecule has 2 rings (SSSR count). The van der Waals surface area contributed by atoms with Gasteiger partial charge in [-0.2, -0.15) is 0 Å². The average molecular weight is 338 g/mol. The van der Waals surface area contributed by atoms with E-state index in [4.69, 9.17) is 28.9 Å². The highest BCUT2D eigenvalue weighted by Crippen LogP contribution is 2.35. The van der Waals surface area contributed by atoms with E-state index in [1.54, 1.807) is 6.07 Å². The summed E-state index contributed by atoms with van der Waals surface area (Å²) in [5.74, 6) is 0.180. The number of hydrogen-bond acceptors (Lipinski definition) is 2. The molecule has 20 heavy (non-hydrogen) atoms. The monoisotopic (exact) mass is 336 g/mol. The first-order chi connectivity index (χ1) is 9.13. The summed E-state index contributed by atoms with van der Waals surface area (Å²) in [7, 11) is 0. The Morgan fingerprint density at radius 2 is 2.10 bits per heavy atom. The van der Waals surface area contributed by atoms with E-state index in [1.165, 1.54) is 0 Å². The molecule has 3 nitrogen and oxygen atoms in total. The molecule has 1 aromatic rings. The van der Waals surface area contributed by atoms with Crippen molar-refractivity contribution in [3.63, 3.8) is 0 Å². The number of hydrogen-bond donors (Lipinski definition) is 1. The van der Waals surface area contributed by atoms with Crippen LogP contribution in [-0.2, 0) is 4.79 Å². The standard InChI is InChI=1S/C14H18Cl2N2O.ClH/c15-11-6-5-10(9-12(11)16)13-3-2-8-18(13)14(19)4-1-7-17;/h5-6,9,13H,1-4,7-8,17H2;1H. The second-order valence-corrected chi connectivity index (χ2v) is 5.63. The molecule has 6 heteroatoms. The smallest absolute Gasteiger partial charge is 0.223 e. The minimum Gasteiger partial charge on any atom is -0.336 e. The fourth-order valence-corrected chi connectivity index (χ4v) is 2.83. The summed E-state index contributed by atoms with van der Waals surface area (Å²) >= 11 is 12.0. The average Bonchev–Trinajstić information content (AvgIpc) is 2.88. The highest BCUT2D eigenvalue weighted by molar-refractivity contribution is 6.42. The fraction of sp³-hybridized carbons (Fsp3) is 0.500. The van der Waals surface area contributed by atoms with E-state index in [-0.39, 0.29) is 24.4 Å². The van der Waals surface area contributed by atoms with E-state index in [2.05, 4.69) is 0 Å². The lowest BCUT2D eigenvalue weighted by Crippen LogP contribution is -2.30. The number of halogens is 3. The summed E-state index contributed by atoms with van der Waals surface area (Å²) < 4.78 is 0. The first-order valence-electron chi connectivity index (χ1n) is 6.58. The number of nitrogens with zero attached hydrogens (tertiary/aromatic N) is 1. The molecule has 1 aliphatic heterocycles. The summed E-state index contributed by atoms with van der Waals surface area (Å²) in [6.07, 6.45) is 3.27. The molecule has 0 aliphatic carbocycles. The van der Waals surface area contributed by atoms with Gasteiger partial charge in [0.2, 0.25) is 5.91 Å². The molecule has 1 aromatic carbocycles. The van der Waals surface area contributed by atoms with E-state index >= 15 is 0 Å². The van der Waals surface area contributed by atoms with Crippen molar-refractivity contribution in [2.45, 2.75) is 31.7 Å². The van der Waals surface area contributed by atoms with Crippen LogP contribution in [0.15, 0.2) is 18.2 Å². The van der Waals surface area contributed by atoms with Crippen LogP contribution < -0.4 is 5.73 Å². The van der Waals surface area contributed by atoms with Crippen molar-refractivity contribution < 1.29 is 4.79 Å². The molecule has 1 atom stereocenters. The van der Waals surface area contributed by atoms with Crippen molar-refractivity contribution in [3.05, 3.63) is 33.8 Å². The number of nitrogens with two attached hydrogens (primary N) is 1. The molecule has 2 N–H and O–H groups in total. The van der Waals surface area contributed by atoms with Gasteiger partial charge in [0.1, 0.15) is 0 Å². The zero-order valence-corrected chi connectivity index (χ0v) is 13.5. The summed E-state index contributed by atoms with van der Waals surface area (Å²) in [5.41, 5.74) is 6.52. The lowest BCUT2D eigenvalue weighted by molar-refractivity contribution is -0.132. The van der Waals surface area contributed by atoms with Gasteiger partial charge in [0.25, 0.3) is 0 Å². The Morgan fingerprint density at radius 1 is 1.35 bits per heavy atom. The van der Waals surface area contributed by atoms with Gasteiger partial charge in [-0.15, -0.1) is 12.4 Å². The Bertz CT molecular complexity index is 468. The maximum absolute atomic E-state index is 12.2. The fourth-order valence-electron chi connectivity index (χ4n) is 2.53.